The minimum Gasteiger partial charge on any atom is -0.384 e. The maximum atomic E-state index is 12.9. The van der Waals surface area contributed by atoms with Crippen LogP contribution in [0.2, 0.25) is 0 Å². The van der Waals surface area contributed by atoms with Gasteiger partial charge in [0.1, 0.15) is 4.90 Å². The Kier molecular flexibility index (Phi) is 4.22. The van der Waals surface area contributed by atoms with E-state index in [0.29, 0.717) is 29.8 Å². The highest BCUT2D eigenvalue weighted by Crippen LogP contribution is 2.40. The van der Waals surface area contributed by atoms with E-state index < -0.39 is 10.0 Å². The molecule has 0 aromatic heterocycles. The number of rotatable bonds is 5. The third-order valence-electron chi connectivity index (χ3n) is 4.76. The second kappa shape index (κ2) is 5.97. The van der Waals surface area contributed by atoms with Gasteiger partial charge in [0.15, 0.2) is 0 Å². The molecule has 116 valence electrons. The molecule has 0 spiro atoms. The average Bonchev–Trinajstić information content (AvgIpc) is 3.07. The molecule has 2 atom stereocenters. The van der Waals surface area contributed by atoms with Crippen molar-refractivity contribution in [1.29, 1.82) is 0 Å². The molecule has 1 aromatic carbocycles. The van der Waals surface area contributed by atoms with Gasteiger partial charge >= 0.3 is 0 Å². The summed E-state index contributed by atoms with van der Waals surface area (Å²) in [6.45, 7) is 4.27. The van der Waals surface area contributed by atoms with Gasteiger partial charge in [0.05, 0.1) is 5.69 Å². The van der Waals surface area contributed by atoms with Crippen molar-refractivity contribution >= 4 is 15.7 Å². The Hall–Kier alpha value is -1.07. The van der Waals surface area contributed by atoms with Crippen LogP contribution in [0, 0.1) is 11.8 Å². The summed E-state index contributed by atoms with van der Waals surface area (Å²) in [7, 11) is -3.37. The quantitative estimate of drug-likeness (QED) is 0.910. The summed E-state index contributed by atoms with van der Waals surface area (Å²) in [6, 6.07) is 7.28. The maximum Gasteiger partial charge on any atom is 0.245 e. The molecule has 0 bridgehead atoms. The van der Waals surface area contributed by atoms with Gasteiger partial charge in [-0.05, 0) is 43.2 Å². The van der Waals surface area contributed by atoms with E-state index >= 15 is 0 Å². The van der Waals surface area contributed by atoms with Crippen molar-refractivity contribution in [3.63, 3.8) is 0 Å². The van der Waals surface area contributed by atoms with Crippen molar-refractivity contribution < 1.29 is 8.42 Å². The number of para-hydroxylation sites is 1. The summed E-state index contributed by atoms with van der Waals surface area (Å²) in [5.74, 6) is 1.16. The van der Waals surface area contributed by atoms with Gasteiger partial charge in [-0.1, -0.05) is 25.5 Å². The van der Waals surface area contributed by atoms with Crippen molar-refractivity contribution in [3.8, 4) is 0 Å². The van der Waals surface area contributed by atoms with Gasteiger partial charge in [0.25, 0.3) is 0 Å². The monoisotopic (exact) mass is 308 g/mol. The lowest BCUT2D eigenvalue weighted by atomic mass is 10.0. The predicted octanol–water partition coefficient (Wildman–Crippen LogP) is 2.93. The van der Waals surface area contributed by atoms with Gasteiger partial charge < -0.3 is 5.32 Å². The van der Waals surface area contributed by atoms with E-state index in [4.69, 9.17) is 0 Å². The first-order valence-electron chi connectivity index (χ1n) is 7.96. The fourth-order valence-electron chi connectivity index (χ4n) is 3.62. The van der Waals surface area contributed by atoms with Crippen molar-refractivity contribution in [2.45, 2.75) is 37.5 Å². The van der Waals surface area contributed by atoms with Crippen LogP contribution >= 0.6 is 0 Å². The molecule has 1 N–H and O–H groups in total. The third-order valence-corrected chi connectivity index (χ3v) is 6.65. The van der Waals surface area contributed by atoms with Crippen molar-refractivity contribution in [2.24, 2.45) is 11.8 Å². The van der Waals surface area contributed by atoms with Gasteiger partial charge in [-0.15, -0.1) is 0 Å². The van der Waals surface area contributed by atoms with Gasteiger partial charge in [-0.3, -0.25) is 0 Å². The molecule has 0 radical (unpaired) electrons. The SMILES string of the molecule is CCCNc1ccccc1S(=O)(=O)N1CC2CCCC2C1. The van der Waals surface area contributed by atoms with Crippen LogP contribution in [-0.4, -0.2) is 32.4 Å². The van der Waals surface area contributed by atoms with Crippen LogP contribution in [0.15, 0.2) is 29.2 Å². The maximum absolute atomic E-state index is 12.9. The fourth-order valence-corrected chi connectivity index (χ4v) is 5.35. The molecule has 5 heteroatoms. The van der Waals surface area contributed by atoms with E-state index in [1.54, 1.807) is 16.4 Å². The molecule has 21 heavy (non-hydrogen) atoms. The lowest BCUT2D eigenvalue weighted by Gasteiger charge is -2.20. The Bertz CT molecular complexity index is 588. The van der Waals surface area contributed by atoms with Crippen LogP contribution in [0.5, 0.6) is 0 Å². The fraction of sp³-hybridized carbons (Fsp3) is 0.625. The minimum atomic E-state index is -3.37. The second-order valence-electron chi connectivity index (χ2n) is 6.20. The largest absolute Gasteiger partial charge is 0.384 e. The number of anilines is 1. The molecule has 4 nitrogen and oxygen atoms in total. The van der Waals surface area contributed by atoms with Crippen LogP contribution < -0.4 is 5.32 Å². The molecule has 1 saturated heterocycles. The molecule has 2 fully saturated rings. The predicted molar refractivity (Wildman–Crippen MR) is 84.8 cm³/mol. The molecule has 1 aromatic rings. The van der Waals surface area contributed by atoms with Gasteiger partial charge in [0, 0.05) is 19.6 Å². The first kappa shape index (κ1) is 14.9. The Morgan fingerprint density at radius 1 is 1.19 bits per heavy atom. The average molecular weight is 308 g/mol. The van der Waals surface area contributed by atoms with E-state index in [-0.39, 0.29) is 0 Å². The standard InChI is InChI=1S/C16H24N2O2S/c1-2-10-17-15-8-3-4-9-16(15)21(19,20)18-11-13-6-5-7-14(13)12-18/h3-4,8-9,13-14,17H,2,5-7,10-12H2,1H3. The number of nitrogens with zero attached hydrogens (tertiary/aromatic N) is 1. The third kappa shape index (κ3) is 2.81. The van der Waals surface area contributed by atoms with E-state index in [2.05, 4.69) is 12.2 Å². The van der Waals surface area contributed by atoms with Crippen LogP contribution in [0.25, 0.3) is 0 Å². The summed E-state index contributed by atoms with van der Waals surface area (Å²) in [5.41, 5.74) is 0.733. The first-order chi connectivity index (χ1) is 10.1. The zero-order valence-electron chi connectivity index (χ0n) is 12.6. The van der Waals surface area contributed by atoms with Crippen LogP contribution in [0.1, 0.15) is 32.6 Å². The molecular formula is C16H24N2O2S. The number of nitrogens with one attached hydrogen (secondary N) is 1. The van der Waals surface area contributed by atoms with E-state index in [1.165, 1.54) is 19.3 Å². The van der Waals surface area contributed by atoms with Crippen LogP contribution in [0.3, 0.4) is 0 Å². The molecule has 1 aliphatic carbocycles. The minimum absolute atomic E-state index is 0.429. The van der Waals surface area contributed by atoms with E-state index in [1.807, 2.05) is 12.1 Å². The molecule has 2 aliphatic rings. The summed E-state index contributed by atoms with van der Waals surface area (Å²) in [5, 5.41) is 3.24. The molecule has 2 unspecified atom stereocenters. The first-order valence-corrected chi connectivity index (χ1v) is 9.40. The van der Waals surface area contributed by atoms with Crippen molar-refractivity contribution in [3.05, 3.63) is 24.3 Å². The van der Waals surface area contributed by atoms with Crippen molar-refractivity contribution in [1.82, 2.24) is 4.31 Å². The Balaban J connectivity index is 1.85. The van der Waals surface area contributed by atoms with Crippen LogP contribution in [0.4, 0.5) is 5.69 Å². The highest BCUT2D eigenvalue weighted by molar-refractivity contribution is 7.89. The van der Waals surface area contributed by atoms with Gasteiger partial charge in [0.2, 0.25) is 10.0 Å². The van der Waals surface area contributed by atoms with E-state index in [9.17, 15) is 8.42 Å². The normalized spacial score (nSPS) is 26.0. The smallest absolute Gasteiger partial charge is 0.245 e. The Labute approximate surface area is 127 Å². The molecule has 1 aliphatic heterocycles. The van der Waals surface area contributed by atoms with Crippen LogP contribution in [-0.2, 0) is 10.0 Å². The summed E-state index contributed by atoms with van der Waals surface area (Å²) >= 11 is 0. The number of fused-ring (bicyclic) bond motifs is 1. The van der Waals surface area contributed by atoms with Gasteiger partial charge in [-0.2, -0.15) is 4.31 Å². The Morgan fingerprint density at radius 3 is 2.52 bits per heavy atom. The van der Waals surface area contributed by atoms with Crippen molar-refractivity contribution in [2.75, 3.05) is 25.0 Å². The van der Waals surface area contributed by atoms with Gasteiger partial charge in [-0.25, -0.2) is 8.42 Å². The number of hydrogen-bond acceptors (Lipinski definition) is 3. The second-order valence-corrected chi connectivity index (χ2v) is 8.10. The highest BCUT2D eigenvalue weighted by atomic mass is 32.2. The molecule has 0 amide bonds. The molecule has 1 saturated carbocycles. The number of sulfonamides is 1. The zero-order chi connectivity index (χ0) is 14.9. The summed E-state index contributed by atoms with van der Waals surface area (Å²) in [6.07, 6.45) is 4.61. The molecule has 3 rings (SSSR count). The lowest BCUT2D eigenvalue weighted by Crippen LogP contribution is -2.30. The lowest BCUT2D eigenvalue weighted by molar-refractivity contribution is 0.445. The number of hydrogen-bond donors (Lipinski definition) is 1. The van der Waals surface area contributed by atoms with E-state index in [0.717, 1.165) is 18.7 Å². The topological polar surface area (TPSA) is 49.4 Å². The highest BCUT2D eigenvalue weighted by Gasteiger charge is 2.41. The summed E-state index contributed by atoms with van der Waals surface area (Å²) in [4.78, 5) is 0.429. The molecular weight excluding hydrogens is 284 g/mol. The zero-order valence-corrected chi connectivity index (χ0v) is 13.4. The Morgan fingerprint density at radius 2 is 1.86 bits per heavy atom. The number of benzene rings is 1. The summed E-state index contributed by atoms with van der Waals surface area (Å²) < 4.78 is 27.6. The molecule has 1 heterocycles.